The third-order valence-electron chi connectivity index (χ3n) is 8.70. The van der Waals surface area contributed by atoms with Crippen LogP contribution < -0.4 is 0 Å². The molecule has 0 saturated heterocycles. The zero-order chi connectivity index (χ0) is 31.1. The summed E-state index contributed by atoms with van der Waals surface area (Å²) in [6.07, 6.45) is 16.6. The van der Waals surface area contributed by atoms with E-state index in [1.54, 1.807) is 0 Å². The van der Waals surface area contributed by atoms with Gasteiger partial charge in [0.15, 0.2) is 0 Å². The number of hydrogen-bond donors (Lipinski definition) is 0. The lowest BCUT2D eigenvalue weighted by atomic mass is 9.81. The summed E-state index contributed by atoms with van der Waals surface area (Å²) in [6.45, 7) is 12.6. The molecule has 0 heterocycles. The number of hydrogen-bond acceptors (Lipinski definition) is 0. The average molecular weight is 575 g/mol. The molecule has 5 aromatic carbocycles. The Morgan fingerprint density at radius 1 is 0.636 bits per heavy atom. The molecule has 5 aromatic rings. The van der Waals surface area contributed by atoms with Crippen molar-refractivity contribution in [3.63, 3.8) is 0 Å². The van der Waals surface area contributed by atoms with Crippen molar-refractivity contribution in [3.8, 4) is 22.3 Å². The van der Waals surface area contributed by atoms with Crippen LogP contribution >= 0.6 is 0 Å². The molecular formula is C44H46. The highest BCUT2D eigenvalue weighted by molar-refractivity contribution is 6.21. The molecule has 0 fully saturated rings. The maximum absolute atomic E-state index is 2.46. The van der Waals surface area contributed by atoms with Crippen LogP contribution in [0.4, 0.5) is 0 Å². The molecule has 0 saturated carbocycles. The highest BCUT2D eigenvalue weighted by atomic mass is 14.2. The van der Waals surface area contributed by atoms with Crippen LogP contribution in [0.25, 0.3) is 49.4 Å². The summed E-state index contributed by atoms with van der Waals surface area (Å²) in [5.74, 6) is 0.447. The van der Waals surface area contributed by atoms with Crippen LogP contribution in [0, 0.1) is 0 Å². The minimum absolute atomic E-state index is 0.447. The lowest BCUT2D eigenvalue weighted by Gasteiger charge is -2.23. The lowest BCUT2D eigenvalue weighted by molar-refractivity contribution is 0.877. The summed E-state index contributed by atoms with van der Waals surface area (Å²) in [4.78, 5) is 0. The van der Waals surface area contributed by atoms with Gasteiger partial charge in [-0.25, -0.2) is 0 Å². The van der Waals surface area contributed by atoms with E-state index in [9.17, 15) is 0 Å². The zero-order valence-corrected chi connectivity index (χ0v) is 27.3. The summed E-state index contributed by atoms with van der Waals surface area (Å²) >= 11 is 0. The minimum atomic E-state index is 0.447. The Morgan fingerprint density at radius 3 is 1.68 bits per heavy atom. The molecule has 2 aliphatic rings. The Hall–Kier alpha value is -4.42. The van der Waals surface area contributed by atoms with Crippen LogP contribution in [0.2, 0.25) is 0 Å². The van der Waals surface area contributed by atoms with Gasteiger partial charge in [-0.1, -0.05) is 154 Å². The summed E-state index contributed by atoms with van der Waals surface area (Å²) < 4.78 is 0. The molecule has 0 amide bonds. The van der Waals surface area contributed by atoms with Crippen molar-refractivity contribution in [3.05, 3.63) is 150 Å². The lowest BCUT2D eigenvalue weighted by Crippen LogP contribution is -2.05. The fraction of sp³-hybridized carbons (Fsp3) is 0.227. The second-order valence-electron chi connectivity index (χ2n) is 11.6. The Morgan fingerprint density at radius 2 is 1.16 bits per heavy atom. The first-order chi connectivity index (χ1) is 21.6. The van der Waals surface area contributed by atoms with Crippen molar-refractivity contribution in [1.82, 2.24) is 0 Å². The predicted molar refractivity (Wildman–Crippen MR) is 196 cm³/mol. The first kappa shape index (κ1) is 31.0. The van der Waals surface area contributed by atoms with Crippen molar-refractivity contribution in [2.45, 2.75) is 66.7 Å². The molecule has 7 rings (SSSR count). The molecule has 0 aliphatic heterocycles. The third-order valence-corrected chi connectivity index (χ3v) is 8.70. The van der Waals surface area contributed by atoms with E-state index in [1.165, 1.54) is 71.6 Å². The van der Waals surface area contributed by atoms with Gasteiger partial charge in [0.05, 0.1) is 0 Å². The van der Waals surface area contributed by atoms with Crippen LogP contribution in [0.1, 0.15) is 77.0 Å². The highest BCUT2D eigenvalue weighted by Gasteiger charge is 2.20. The topological polar surface area (TPSA) is 0 Å². The molecule has 1 unspecified atom stereocenters. The number of allylic oxidation sites excluding steroid dienone is 8. The molecular weight excluding hydrogens is 528 g/mol. The second kappa shape index (κ2) is 14.4. The van der Waals surface area contributed by atoms with E-state index < -0.39 is 0 Å². The van der Waals surface area contributed by atoms with Gasteiger partial charge in [0.2, 0.25) is 0 Å². The predicted octanol–water partition coefficient (Wildman–Crippen LogP) is 13.3. The third kappa shape index (κ3) is 6.27. The Kier molecular flexibility index (Phi) is 10.1. The molecule has 222 valence electrons. The second-order valence-corrected chi connectivity index (χ2v) is 11.6. The van der Waals surface area contributed by atoms with Gasteiger partial charge in [-0.05, 0) is 112 Å². The standard InChI is InChI=1S/C38H32.C4H8.C2H6/c1-25-22-26(2)36-24-31(21-20-30(36)23-25)38-34-14-8-6-12-32(34)37(33-13-7-9-15-35(33)38)29-18-16-28(17-19-29)27-10-4-3-5-11-27;1-3-4-2;1-2/h4,6-22,24,26H,3,5,23H2,1-2H3;3-4H,1-2H3;1-2H3. The van der Waals surface area contributed by atoms with E-state index in [0.29, 0.717) is 5.92 Å². The van der Waals surface area contributed by atoms with Crippen LogP contribution in [-0.4, -0.2) is 0 Å². The fourth-order valence-corrected chi connectivity index (χ4v) is 6.62. The van der Waals surface area contributed by atoms with Gasteiger partial charge in [-0.2, -0.15) is 0 Å². The molecule has 0 radical (unpaired) electrons. The largest absolute Gasteiger partial charge is 0.0919 e. The van der Waals surface area contributed by atoms with Gasteiger partial charge in [0.25, 0.3) is 0 Å². The number of rotatable bonds is 3. The Balaban J connectivity index is 0.000000595. The molecule has 0 aromatic heterocycles. The van der Waals surface area contributed by atoms with E-state index in [1.807, 2.05) is 39.8 Å². The van der Waals surface area contributed by atoms with Crippen LogP contribution in [0.3, 0.4) is 0 Å². The highest BCUT2D eigenvalue weighted by Crippen LogP contribution is 2.45. The van der Waals surface area contributed by atoms with Gasteiger partial charge >= 0.3 is 0 Å². The summed E-state index contributed by atoms with van der Waals surface area (Å²) in [6, 6.07) is 34.3. The maximum atomic E-state index is 2.46. The first-order valence-electron chi connectivity index (χ1n) is 16.4. The maximum Gasteiger partial charge on any atom is -0.000468 e. The van der Waals surface area contributed by atoms with Crippen molar-refractivity contribution in [2.24, 2.45) is 0 Å². The molecule has 0 spiro atoms. The fourth-order valence-electron chi connectivity index (χ4n) is 6.62. The van der Waals surface area contributed by atoms with Gasteiger partial charge in [0, 0.05) is 0 Å². The summed E-state index contributed by atoms with van der Waals surface area (Å²) in [7, 11) is 0. The zero-order valence-electron chi connectivity index (χ0n) is 27.3. The molecule has 2 aliphatic carbocycles. The minimum Gasteiger partial charge on any atom is -0.0919 e. The van der Waals surface area contributed by atoms with Crippen LogP contribution in [0.5, 0.6) is 0 Å². The number of fused-ring (bicyclic) bond motifs is 3. The van der Waals surface area contributed by atoms with Gasteiger partial charge in [-0.15, -0.1) is 0 Å². The molecule has 0 nitrogen and oxygen atoms in total. The average Bonchev–Trinajstić information content (AvgIpc) is 3.08. The van der Waals surface area contributed by atoms with Crippen molar-refractivity contribution >= 4 is 27.1 Å². The Labute approximate surface area is 265 Å². The van der Waals surface area contributed by atoms with Gasteiger partial charge < -0.3 is 0 Å². The quantitative estimate of drug-likeness (QED) is 0.148. The van der Waals surface area contributed by atoms with E-state index in [0.717, 1.165) is 19.3 Å². The Bertz CT molecular complexity index is 1810. The summed E-state index contributed by atoms with van der Waals surface area (Å²) in [5, 5.41) is 5.26. The van der Waals surface area contributed by atoms with E-state index in [2.05, 4.69) is 129 Å². The van der Waals surface area contributed by atoms with Crippen molar-refractivity contribution < 1.29 is 0 Å². The summed E-state index contributed by atoms with van der Waals surface area (Å²) in [5.41, 5.74) is 12.3. The molecule has 0 heteroatoms. The van der Waals surface area contributed by atoms with Crippen LogP contribution in [0.15, 0.2) is 133 Å². The van der Waals surface area contributed by atoms with Gasteiger partial charge in [-0.3, -0.25) is 0 Å². The molecule has 0 bridgehead atoms. The molecule has 1 atom stereocenters. The van der Waals surface area contributed by atoms with Crippen molar-refractivity contribution in [2.75, 3.05) is 0 Å². The van der Waals surface area contributed by atoms with Crippen LogP contribution in [-0.2, 0) is 6.42 Å². The molecule has 44 heavy (non-hydrogen) atoms. The van der Waals surface area contributed by atoms with E-state index in [-0.39, 0.29) is 0 Å². The van der Waals surface area contributed by atoms with Crippen molar-refractivity contribution in [1.29, 1.82) is 0 Å². The monoisotopic (exact) mass is 574 g/mol. The molecule has 0 N–H and O–H groups in total. The van der Waals surface area contributed by atoms with E-state index >= 15 is 0 Å². The normalized spacial score (nSPS) is 15.5. The van der Waals surface area contributed by atoms with E-state index in [4.69, 9.17) is 0 Å². The van der Waals surface area contributed by atoms with Gasteiger partial charge in [0.1, 0.15) is 0 Å². The smallest absolute Gasteiger partial charge is 0.000468 e. The first-order valence-corrected chi connectivity index (χ1v) is 16.4. The SMILES string of the molecule is CC.CC1=CC(C)c2cc(-c3c4ccccc4c(-c4ccc(C5=CCCC=C5)cc4)c4ccccc34)ccc2C1.CC=CC. The number of benzene rings is 5.